The zero-order valence-electron chi connectivity index (χ0n) is 9.81. The van der Waals surface area contributed by atoms with Crippen molar-refractivity contribution in [2.24, 2.45) is 0 Å². The molecule has 0 radical (unpaired) electrons. The molecule has 1 heterocycles. The average molecular weight is 382 g/mol. The Labute approximate surface area is 127 Å². The average Bonchev–Trinajstić information content (AvgIpc) is 2.83. The van der Waals surface area contributed by atoms with Gasteiger partial charge in [0.15, 0.2) is 0 Å². The minimum absolute atomic E-state index is 0.542. The van der Waals surface area contributed by atoms with Crippen molar-refractivity contribution < 1.29 is 9.52 Å². The first-order valence-electron chi connectivity index (χ1n) is 5.76. The molecule has 1 atom stereocenters. The zero-order chi connectivity index (χ0) is 13.4. The van der Waals surface area contributed by atoms with E-state index in [9.17, 15) is 5.11 Å². The first-order chi connectivity index (χ1) is 9.15. The van der Waals surface area contributed by atoms with Crippen LogP contribution in [0.15, 0.2) is 61.9 Å². The van der Waals surface area contributed by atoms with Crippen molar-refractivity contribution >= 4 is 42.8 Å². The van der Waals surface area contributed by atoms with Gasteiger partial charge < -0.3 is 9.52 Å². The molecule has 4 heteroatoms. The van der Waals surface area contributed by atoms with Crippen LogP contribution in [0.3, 0.4) is 0 Å². The second-order valence-corrected chi connectivity index (χ2v) is 6.04. The summed E-state index contributed by atoms with van der Waals surface area (Å²) >= 11 is 6.90. The molecule has 0 amide bonds. The lowest BCUT2D eigenvalue weighted by molar-refractivity contribution is 0.192. The van der Waals surface area contributed by atoms with E-state index in [-0.39, 0.29) is 0 Å². The summed E-state index contributed by atoms with van der Waals surface area (Å²) in [5.41, 5.74) is 1.56. The lowest BCUT2D eigenvalue weighted by Crippen LogP contribution is -1.96. The van der Waals surface area contributed by atoms with Gasteiger partial charge in [-0.2, -0.15) is 0 Å². The molecule has 2 nitrogen and oxygen atoms in total. The van der Waals surface area contributed by atoms with Gasteiger partial charge in [0.2, 0.25) is 0 Å². The van der Waals surface area contributed by atoms with E-state index in [1.807, 2.05) is 48.5 Å². The van der Waals surface area contributed by atoms with Crippen LogP contribution in [-0.4, -0.2) is 5.11 Å². The van der Waals surface area contributed by atoms with Crippen LogP contribution in [0.5, 0.6) is 0 Å². The number of aliphatic hydroxyl groups excluding tert-OH is 1. The van der Waals surface area contributed by atoms with Crippen molar-refractivity contribution in [2.75, 3.05) is 0 Å². The number of benzene rings is 2. The third-order valence-electron chi connectivity index (χ3n) is 2.94. The van der Waals surface area contributed by atoms with Gasteiger partial charge in [0.1, 0.15) is 17.4 Å². The standard InChI is InChI=1S/C15H10Br2O2/c16-11-6-10-7-13(19-15(10)12(17)8-11)14(18)9-4-2-1-3-5-9/h1-8,14,18H/t14-/m0/s1. The molecule has 1 N–H and O–H groups in total. The fourth-order valence-corrected chi connectivity index (χ4v) is 3.37. The van der Waals surface area contributed by atoms with Gasteiger partial charge in [-0.3, -0.25) is 0 Å². The van der Waals surface area contributed by atoms with E-state index >= 15 is 0 Å². The van der Waals surface area contributed by atoms with E-state index < -0.39 is 6.10 Å². The molecule has 3 aromatic rings. The van der Waals surface area contributed by atoms with Crippen molar-refractivity contribution in [1.29, 1.82) is 0 Å². The second-order valence-electron chi connectivity index (χ2n) is 4.27. The maximum Gasteiger partial charge on any atom is 0.148 e. The summed E-state index contributed by atoms with van der Waals surface area (Å²) in [5, 5.41) is 11.3. The van der Waals surface area contributed by atoms with E-state index in [1.54, 1.807) is 0 Å². The maximum atomic E-state index is 10.3. The van der Waals surface area contributed by atoms with Gasteiger partial charge in [0, 0.05) is 9.86 Å². The highest BCUT2D eigenvalue weighted by Crippen LogP contribution is 2.34. The van der Waals surface area contributed by atoms with Crippen LogP contribution >= 0.6 is 31.9 Å². The highest BCUT2D eigenvalue weighted by molar-refractivity contribution is 9.11. The SMILES string of the molecule is O[C@@H](c1ccccc1)c1cc2cc(Br)cc(Br)c2o1. The van der Waals surface area contributed by atoms with E-state index in [4.69, 9.17) is 4.42 Å². The van der Waals surface area contributed by atoms with Crippen molar-refractivity contribution in [3.05, 3.63) is 68.8 Å². The minimum Gasteiger partial charge on any atom is -0.457 e. The molecule has 19 heavy (non-hydrogen) atoms. The lowest BCUT2D eigenvalue weighted by Gasteiger charge is -2.06. The molecule has 0 spiro atoms. The van der Waals surface area contributed by atoms with Gasteiger partial charge in [-0.25, -0.2) is 0 Å². The molecule has 96 valence electrons. The van der Waals surface area contributed by atoms with Crippen molar-refractivity contribution in [2.45, 2.75) is 6.10 Å². The summed E-state index contributed by atoms with van der Waals surface area (Å²) < 4.78 is 7.58. The van der Waals surface area contributed by atoms with Gasteiger partial charge >= 0.3 is 0 Å². The Morgan fingerprint density at radius 3 is 2.47 bits per heavy atom. The third kappa shape index (κ3) is 2.48. The number of furan rings is 1. The Bertz CT molecular complexity index is 720. The van der Waals surface area contributed by atoms with Gasteiger partial charge in [0.05, 0.1) is 4.47 Å². The van der Waals surface area contributed by atoms with Gasteiger partial charge in [-0.05, 0) is 39.7 Å². The quantitative estimate of drug-likeness (QED) is 0.674. The smallest absolute Gasteiger partial charge is 0.148 e. The molecule has 0 bridgehead atoms. The minimum atomic E-state index is -0.751. The molecule has 0 unspecified atom stereocenters. The van der Waals surface area contributed by atoms with Crippen LogP contribution in [-0.2, 0) is 0 Å². The molecule has 0 aliphatic rings. The van der Waals surface area contributed by atoms with Crippen molar-refractivity contribution in [3.63, 3.8) is 0 Å². The molecular weight excluding hydrogens is 372 g/mol. The second kappa shape index (κ2) is 5.12. The Hall–Kier alpha value is -1.10. The monoisotopic (exact) mass is 380 g/mol. The summed E-state index contributed by atoms with van der Waals surface area (Å²) in [6.45, 7) is 0. The fourth-order valence-electron chi connectivity index (χ4n) is 2.03. The van der Waals surface area contributed by atoms with Crippen LogP contribution in [0.1, 0.15) is 17.4 Å². The van der Waals surface area contributed by atoms with Crippen molar-refractivity contribution in [3.8, 4) is 0 Å². The highest BCUT2D eigenvalue weighted by atomic mass is 79.9. The highest BCUT2D eigenvalue weighted by Gasteiger charge is 2.16. The van der Waals surface area contributed by atoms with E-state index in [0.29, 0.717) is 5.76 Å². The summed E-state index contributed by atoms with van der Waals surface area (Å²) in [4.78, 5) is 0. The molecule has 1 aromatic heterocycles. The van der Waals surface area contributed by atoms with Gasteiger partial charge in [0.25, 0.3) is 0 Å². The molecule has 0 saturated carbocycles. The Balaban J connectivity index is 2.09. The fraction of sp³-hybridized carbons (Fsp3) is 0.0667. The topological polar surface area (TPSA) is 33.4 Å². The molecule has 0 fully saturated rings. The van der Waals surface area contributed by atoms with E-state index in [0.717, 1.165) is 25.5 Å². The predicted molar refractivity (Wildman–Crippen MR) is 82.1 cm³/mol. The number of hydrogen-bond acceptors (Lipinski definition) is 2. The van der Waals surface area contributed by atoms with E-state index in [1.165, 1.54) is 0 Å². The summed E-state index contributed by atoms with van der Waals surface area (Å²) in [6, 6.07) is 15.2. The Kier molecular flexibility index (Phi) is 3.48. The Morgan fingerprint density at radius 1 is 1.00 bits per heavy atom. The number of fused-ring (bicyclic) bond motifs is 1. The first kappa shape index (κ1) is 12.9. The number of rotatable bonds is 2. The summed E-state index contributed by atoms with van der Waals surface area (Å²) in [7, 11) is 0. The van der Waals surface area contributed by atoms with Gasteiger partial charge in [-0.15, -0.1) is 0 Å². The number of aliphatic hydroxyl groups is 1. The molecule has 0 saturated heterocycles. The zero-order valence-corrected chi connectivity index (χ0v) is 13.0. The van der Waals surface area contributed by atoms with Crippen LogP contribution in [0.25, 0.3) is 11.0 Å². The van der Waals surface area contributed by atoms with Gasteiger partial charge in [-0.1, -0.05) is 46.3 Å². The van der Waals surface area contributed by atoms with Crippen LogP contribution in [0, 0.1) is 0 Å². The van der Waals surface area contributed by atoms with Crippen LogP contribution < -0.4 is 0 Å². The molecule has 0 aliphatic heterocycles. The molecule has 0 aliphatic carbocycles. The molecule has 2 aromatic carbocycles. The molecular formula is C15H10Br2O2. The van der Waals surface area contributed by atoms with Crippen LogP contribution in [0.4, 0.5) is 0 Å². The van der Waals surface area contributed by atoms with Crippen LogP contribution in [0.2, 0.25) is 0 Å². The third-order valence-corrected chi connectivity index (χ3v) is 3.99. The first-order valence-corrected chi connectivity index (χ1v) is 7.35. The molecule has 3 rings (SSSR count). The predicted octanol–water partition coefficient (Wildman–Crippen LogP) is 5.04. The number of halogens is 2. The largest absolute Gasteiger partial charge is 0.457 e. The van der Waals surface area contributed by atoms with E-state index in [2.05, 4.69) is 31.9 Å². The van der Waals surface area contributed by atoms with Crippen molar-refractivity contribution in [1.82, 2.24) is 0 Å². The lowest BCUT2D eigenvalue weighted by atomic mass is 10.1. The Morgan fingerprint density at radius 2 is 1.74 bits per heavy atom. The summed E-state index contributed by atoms with van der Waals surface area (Å²) in [5.74, 6) is 0.542. The summed E-state index contributed by atoms with van der Waals surface area (Å²) in [6.07, 6.45) is -0.751. The number of hydrogen-bond donors (Lipinski definition) is 1. The maximum absolute atomic E-state index is 10.3. The normalized spacial score (nSPS) is 12.8.